The molecule has 1 fully saturated rings. The molecule has 1 aromatic carbocycles. The maximum Gasteiger partial charge on any atom is 0.128 e. The first-order chi connectivity index (χ1) is 8.48. The minimum atomic E-state index is -0.569. The number of aliphatic hydroxyl groups is 1. The molecule has 0 radical (unpaired) electrons. The second-order valence-electron chi connectivity index (χ2n) is 5.34. The Morgan fingerprint density at radius 1 is 1.39 bits per heavy atom. The smallest absolute Gasteiger partial charge is 0.128 e. The maximum absolute atomic E-state index is 13.7. The fourth-order valence-corrected chi connectivity index (χ4v) is 3.02. The molecule has 1 N–H and O–H groups in total. The molecule has 0 amide bonds. The molecule has 0 spiro atoms. The van der Waals surface area contributed by atoms with Crippen molar-refractivity contribution in [2.45, 2.75) is 37.8 Å². The first-order valence-electron chi connectivity index (χ1n) is 6.33. The van der Waals surface area contributed by atoms with E-state index in [9.17, 15) is 9.50 Å². The number of halogens is 2. The molecule has 2 rings (SSSR count). The van der Waals surface area contributed by atoms with E-state index >= 15 is 0 Å². The molecule has 1 aliphatic carbocycles. The Morgan fingerprint density at radius 3 is 2.67 bits per heavy atom. The van der Waals surface area contributed by atoms with Crippen molar-refractivity contribution >= 4 is 15.9 Å². The molecule has 0 bridgehead atoms. The number of benzene rings is 1. The van der Waals surface area contributed by atoms with Crippen LogP contribution in [0, 0.1) is 5.82 Å². The molecule has 1 aliphatic rings. The molecule has 100 valence electrons. The van der Waals surface area contributed by atoms with E-state index in [1.807, 2.05) is 18.0 Å². The molecule has 1 saturated carbocycles. The molecular weight excluding hydrogens is 297 g/mol. The van der Waals surface area contributed by atoms with Crippen molar-refractivity contribution in [2.75, 3.05) is 13.6 Å². The molecule has 0 saturated heterocycles. The largest absolute Gasteiger partial charge is 0.389 e. The van der Waals surface area contributed by atoms with Crippen LogP contribution in [0.4, 0.5) is 4.39 Å². The van der Waals surface area contributed by atoms with Crippen LogP contribution in [0.3, 0.4) is 0 Å². The van der Waals surface area contributed by atoms with Gasteiger partial charge in [0.2, 0.25) is 0 Å². The summed E-state index contributed by atoms with van der Waals surface area (Å²) in [6.07, 6.45) is 3.91. The second-order valence-corrected chi connectivity index (χ2v) is 6.26. The van der Waals surface area contributed by atoms with Gasteiger partial charge in [0.25, 0.3) is 0 Å². The first kappa shape index (κ1) is 14.0. The van der Waals surface area contributed by atoms with Crippen LogP contribution in [0.5, 0.6) is 0 Å². The third kappa shape index (κ3) is 3.53. The molecule has 1 aromatic rings. The summed E-state index contributed by atoms with van der Waals surface area (Å²) in [6.45, 7) is 1.14. The molecule has 0 unspecified atom stereocenters. The maximum atomic E-state index is 13.7. The van der Waals surface area contributed by atoms with E-state index in [0.29, 0.717) is 18.7 Å². The molecule has 2 nitrogen and oxygen atoms in total. The van der Waals surface area contributed by atoms with Gasteiger partial charge in [-0.05, 0) is 32.0 Å². The van der Waals surface area contributed by atoms with Gasteiger partial charge in [-0.3, -0.25) is 4.90 Å². The van der Waals surface area contributed by atoms with Crippen LogP contribution in [-0.2, 0) is 6.54 Å². The summed E-state index contributed by atoms with van der Waals surface area (Å²) in [6, 6.07) is 5.11. The van der Waals surface area contributed by atoms with Crippen molar-refractivity contribution < 1.29 is 9.50 Å². The van der Waals surface area contributed by atoms with Gasteiger partial charge >= 0.3 is 0 Å². The van der Waals surface area contributed by atoms with Gasteiger partial charge in [0.1, 0.15) is 5.82 Å². The highest BCUT2D eigenvalue weighted by atomic mass is 79.9. The van der Waals surface area contributed by atoms with Crippen LogP contribution in [0.25, 0.3) is 0 Å². The van der Waals surface area contributed by atoms with Gasteiger partial charge < -0.3 is 5.11 Å². The molecule has 18 heavy (non-hydrogen) atoms. The highest BCUT2D eigenvalue weighted by molar-refractivity contribution is 9.10. The number of hydrogen-bond acceptors (Lipinski definition) is 2. The Kier molecular flexibility index (Phi) is 4.41. The zero-order valence-corrected chi connectivity index (χ0v) is 12.2. The third-order valence-electron chi connectivity index (χ3n) is 3.55. The molecule has 0 aliphatic heterocycles. The lowest BCUT2D eigenvalue weighted by atomic mass is 10.0. The molecule has 0 heterocycles. The van der Waals surface area contributed by atoms with Gasteiger partial charge in [-0.2, -0.15) is 0 Å². The summed E-state index contributed by atoms with van der Waals surface area (Å²) < 4.78 is 14.5. The normalized spacial score (nSPS) is 18.5. The quantitative estimate of drug-likeness (QED) is 0.921. The minimum Gasteiger partial charge on any atom is -0.389 e. The molecule has 0 atom stereocenters. The van der Waals surface area contributed by atoms with Crippen molar-refractivity contribution in [3.8, 4) is 0 Å². The van der Waals surface area contributed by atoms with Crippen LogP contribution in [-0.4, -0.2) is 29.2 Å². The van der Waals surface area contributed by atoms with Crippen LogP contribution < -0.4 is 0 Å². The van der Waals surface area contributed by atoms with Gasteiger partial charge in [-0.15, -0.1) is 0 Å². The highest BCUT2D eigenvalue weighted by Crippen LogP contribution is 2.30. The Morgan fingerprint density at radius 2 is 2.06 bits per heavy atom. The summed E-state index contributed by atoms with van der Waals surface area (Å²) in [5.74, 6) is -0.199. The average molecular weight is 316 g/mol. The number of nitrogens with zero attached hydrogens (tertiary/aromatic N) is 1. The van der Waals surface area contributed by atoms with Crippen LogP contribution >= 0.6 is 15.9 Å². The van der Waals surface area contributed by atoms with Crippen LogP contribution in [0.15, 0.2) is 22.7 Å². The van der Waals surface area contributed by atoms with Crippen LogP contribution in [0.1, 0.15) is 31.2 Å². The lowest BCUT2D eigenvalue weighted by Crippen LogP contribution is -2.38. The topological polar surface area (TPSA) is 23.5 Å². The van der Waals surface area contributed by atoms with Gasteiger partial charge in [0, 0.05) is 23.1 Å². The van der Waals surface area contributed by atoms with Gasteiger partial charge in [0.15, 0.2) is 0 Å². The Balaban J connectivity index is 1.96. The SMILES string of the molecule is CN(Cc1ccc(Br)cc1F)CC1(O)CCCC1. The Bertz CT molecular complexity index is 418. The van der Waals surface area contributed by atoms with E-state index in [4.69, 9.17) is 0 Å². The Labute approximate surface area is 116 Å². The first-order valence-corrected chi connectivity index (χ1v) is 7.13. The monoisotopic (exact) mass is 315 g/mol. The zero-order chi connectivity index (χ0) is 13.2. The van der Waals surface area contributed by atoms with E-state index in [-0.39, 0.29) is 5.82 Å². The van der Waals surface area contributed by atoms with E-state index in [1.54, 1.807) is 6.07 Å². The summed E-state index contributed by atoms with van der Waals surface area (Å²) >= 11 is 3.25. The Hall–Kier alpha value is -0.450. The highest BCUT2D eigenvalue weighted by Gasteiger charge is 2.32. The van der Waals surface area contributed by atoms with Crippen molar-refractivity contribution in [3.63, 3.8) is 0 Å². The van der Waals surface area contributed by atoms with Crippen molar-refractivity contribution in [2.24, 2.45) is 0 Å². The number of likely N-dealkylation sites (N-methyl/N-ethyl adjacent to an activating group) is 1. The van der Waals surface area contributed by atoms with Gasteiger partial charge in [0.05, 0.1) is 5.60 Å². The van der Waals surface area contributed by atoms with Crippen molar-refractivity contribution in [1.29, 1.82) is 0 Å². The van der Waals surface area contributed by atoms with Crippen LogP contribution in [0.2, 0.25) is 0 Å². The second kappa shape index (κ2) is 5.68. The third-order valence-corrected chi connectivity index (χ3v) is 4.05. The van der Waals surface area contributed by atoms with Crippen molar-refractivity contribution in [1.82, 2.24) is 4.90 Å². The lowest BCUT2D eigenvalue weighted by Gasteiger charge is -2.28. The summed E-state index contributed by atoms with van der Waals surface area (Å²) in [4.78, 5) is 2.00. The summed E-state index contributed by atoms with van der Waals surface area (Å²) in [7, 11) is 1.93. The summed E-state index contributed by atoms with van der Waals surface area (Å²) in [5, 5.41) is 10.3. The lowest BCUT2D eigenvalue weighted by molar-refractivity contribution is 0.0143. The van der Waals surface area contributed by atoms with E-state index in [2.05, 4.69) is 15.9 Å². The van der Waals surface area contributed by atoms with E-state index < -0.39 is 5.60 Å². The average Bonchev–Trinajstić information content (AvgIpc) is 2.69. The minimum absolute atomic E-state index is 0.199. The summed E-state index contributed by atoms with van der Waals surface area (Å²) in [5.41, 5.74) is 0.0999. The molecule has 4 heteroatoms. The molecular formula is C14H19BrFNO. The predicted octanol–water partition coefficient (Wildman–Crippen LogP) is 3.33. The number of hydrogen-bond donors (Lipinski definition) is 1. The van der Waals surface area contributed by atoms with E-state index in [0.717, 1.165) is 30.2 Å². The van der Waals surface area contributed by atoms with E-state index in [1.165, 1.54) is 6.07 Å². The van der Waals surface area contributed by atoms with Gasteiger partial charge in [-0.25, -0.2) is 4.39 Å². The van der Waals surface area contributed by atoms with Crippen molar-refractivity contribution in [3.05, 3.63) is 34.1 Å². The predicted molar refractivity (Wildman–Crippen MR) is 73.9 cm³/mol. The number of rotatable bonds is 4. The zero-order valence-electron chi connectivity index (χ0n) is 10.6. The standard InChI is InChI=1S/C14H19BrFNO/c1-17(10-14(18)6-2-3-7-14)9-11-4-5-12(15)8-13(11)16/h4-5,8,18H,2-3,6-7,9-10H2,1H3. The fraction of sp³-hybridized carbons (Fsp3) is 0.571. The van der Waals surface area contributed by atoms with Gasteiger partial charge in [-0.1, -0.05) is 34.8 Å². The fourth-order valence-electron chi connectivity index (χ4n) is 2.69. The molecule has 0 aromatic heterocycles.